The Morgan fingerprint density at radius 2 is 2.00 bits per heavy atom. The third kappa shape index (κ3) is 4.09. The number of anilines is 1. The first kappa shape index (κ1) is 16.8. The van der Waals surface area contributed by atoms with Gasteiger partial charge in [0.1, 0.15) is 18.1 Å². The summed E-state index contributed by atoms with van der Waals surface area (Å²) in [6.07, 6.45) is 2.76. The summed E-state index contributed by atoms with van der Waals surface area (Å²) in [5.41, 5.74) is 1.74. The van der Waals surface area contributed by atoms with Gasteiger partial charge in [0.05, 0.1) is 12.6 Å². The molecule has 0 aliphatic carbocycles. The van der Waals surface area contributed by atoms with Crippen LogP contribution in [0.5, 0.6) is 0 Å². The summed E-state index contributed by atoms with van der Waals surface area (Å²) in [7, 11) is 0. The van der Waals surface area contributed by atoms with E-state index in [-0.39, 0.29) is 18.0 Å². The van der Waals surface area contributed by atoms with Gasteiger partial charge in [-0.1, -0.05) is 12.1 Å². The Labute approximate surface area is 146 Å². The van der Waals surface area contributed by atoms with Gasteiger partial charge in [-0.3, -0.25) is 9.69 Å². The summed E-state index contributed by atoms with van der Waals surface area (Å²) in [6.45, 7) is 4.73. The summed E-state index contributed by atoms with van der Waals surface area (Å²) in [5, 5.41) is 2.90. The number of cyclic esters (lactones) is 1. The van der Waals surface area contributed by atoms with Crippen molar-refractivity contribution in [2.45, 2.75) is 19.9 Å². The van der Waals surface area contributed by atoms with Crippen LogP contribution >= 0.6 is 0 Å². The number of carbonyl (C=O) groups excluding carboxylic acids is 2. The van der Waals surface area contributed by atoms with E-state index in [4.69, 9.17) is 9.15 Å². The quantitative estimate of drug-likeness (QED) is 0.847. The number of furan rings is 1. The fourth-order valence-corrected chi connectivity index (χ4v) is 2.62. The lowest BCUT2D eigenvalue weighted by Gasteiger charge is -2.16. The molecule has 2 amide bonds. The molecule has 0 spiro atoms. The number of nitrogens with zero attached hydrogens (tertiary/aromatic N) is 1. The van der Waals surface area contributed by atoms with Crippen molar-refractivity contribution in [2.24, 2.45) is 0 Å². The lowest BCUT2D eigenvalue weighted by molar-refractivity contribution is -0.117. The van der Waals surface area contributed by atoms with Crippen molar-refractivity contribution in [3.63, 3.8) is 0 Å². The number of hydrogen-bond donors (Lipinski definition) is 1. The van der Waals surface area contributed by atoms with Crippen LogP contribution in [0.3, 0.4) is 0 Å². The molecule has 1 fully saturated rings. The molecule has 1 aromatic carbocycles. The smallest absolute Gasteiger partial charge is 0.414 e. The summed E-state index contributed by atoms with van der Waals surface area (Å²) >= 11 is 0. The maximum absolute atomic E-state index is 12.0. The van der Waals surface area contributed by atoms with E-state index in [2.05, 4.69) is 5.32 Å². The average molecular weight is 340 g/mol. The van der Waals surface area contributed by atoms with Gasteiger partial charge < -0.3 is 14.5 Å². The van der Waals surface area contributed by atoms with E-state index < -0.39 is 0 Å². The van der Waals surface area contributed by atoms with Gasteiger partial charge >= 0.3 is 6.09 Å². The molecule has 6 heteroatoms. The van der Waals surface area contributed by atoms with Gasteiger partial charge in [-0.25, -0.2) is 4.79 Å². The Hall–Kier alpha value is -3.02. The molecule has 6 nitrogen and oxygen atoms in total. The molecule has 1 aliphatic heterocycles. The largest absolute Gasteiger partial charge is 0.462 e. The zero-order chi connectivity index (χ0) is 17.8. The second-order valence-corrected chi connectivity index (χ2v) is 5.87. The van der Waals surface area contributed by atoms with Crippen molar-refractivity contribution in [2.75, 3.05) is 18.1 Å². The van der Waals surface area contributed by atoms with E-state index in [0.29, 0.717) is 18.9 Å². The van der Waals surface area contributed by atoms with E-state index in [0.717, 1.165) is 17.0 Å². The van der Waals surface area contributed by atoms with Crippen LogP contribution in [-0.4, -0.2) is 25.2 Å². The topological polar surface area (TPSA) is 71.8 Å². The molecule has 3 rings (SSSR count). The number of carbonyl (C=O) groups is 2. The molecule has 1 atom stereocenters. The molecule has 2 aromatic rings. The molecule has 1 saturated heterocycles. The highest BCUT2D eigenvalue weighted by molar-refractivity contribution is 5.91. The van der Waals surface area contributed by atoms with Crippen LogP contribution < -0.4 is 10.2 Å². The monoisotopic (exact) mass is 340 g/mol. The number of benzene rings is 1. The molecular weight excluding hydrogens is 320 g/mol. The van der Waals surface area contributed by atoms with Crippen LogP contribution in [0.1, 0.15) is 30.0 Å². The van der Waals surface area contributed by atoms with Crippen LogP contribution in [0.2, 0.25) is 0 Å². The van der Waals surface area contributed by atoms with Crippen LogP contribution in [0, 0.1) is 6.92 Å². The Bertz CT molecular complexity index is 792. The number of rotatable bonds is 5. The summed E-state index contributed by atoms with van der Waals surface area (Å²) < 4.78 is 10.3. The molecule has 130 valence electrons. The lowest BCUT2D eigenvalue weighted by Crippen LogP contribution is -2.25. The zero-order valence-corrected chi connectivity index (χ0v) is 14.2. The molecule has 2 heterocycles. The Morgan fingerprint density at radius 1 is 1.24 bits per heavy atom. The number of aryl methyl sites for hydroxylation is 1. The minimum Gasteiger partial charge on any atom is -0.462 e. The van der Waals surface area contributed by atoms with E-state index in [9.17, 15) is 9.59 Å². The van der Waals surface area contributed by atoms with Crippen LogP contribution in [0.15, 0.2) is 46.9 Å². The average Bonchev–Trinajstić information content (AvgIpc) is 3.21. The Morgan fingerprint density at radius 3 is 2.60 bits per heavy atom. The third-order valence-corrected chi connectivity index (χ3v) is 3.98. The van der Waals surface area contributed by atoms with Gasteiger partial charge in [-0.2, -0.15) is 0 Å². The molecular formula is C19H20N2O4. The fraction of sp³-hybridized carbons (Fsp3) is 0.263. The highest BCUT2D eigenvalue weighted by Gasteiger charge is 2.23. The van der Waals surface area contributed by atoms with Gasteiger partial charge in [0.15, 0.2) is 0 Å². The van der Waals surface area contributed by atoms with E-state index >= 15 is 0 Å². The summed E-state index contributed by atoms with van der Waals surface area (Å²) in [6, 6.07) is 11.0. The molecule has 0 bridgehead atoms. The van der Waals surface area contributed by atoms with Gasteiger partial charge in [0.25, 0.3) is 0 Å². The Balaban J connectivity index is 1.59. The van der Waals surface area contributed by atoms with Crippen molar-refractivity contribution in [3.05, 3.63) is 59.6 Å². The first-order chi connectivity index (χ1) is 12.0. The normalized spacial score (nSPS) is 15.4. The standard InChI is InChI=1S/C19H20N2O4/c1-13-3-8-17(25-13)9-10-18(22)20-14(2)15-4-6-16(7-5-15)21-11-12-24-19(21)23/h3-10,14H,11-12H2,1-2H3,(H,20,22). The van der Waals surface area contributed by atoms with Crippen molar-refractivity contribution >= 4 is 23.8 Å². The molecule has 1 unspecified atom stereocenters. The number of ether oxygens (including phenoxy) is 1. The van der Waals surface area contributed by atoms with Gasteiger partial charge in [-0.05, 0) is 49.8 Å². The molecule has 0 radical (unpaired) electrons. The van der Waals surface area contributed by atoms with Gasteiger partial charge in [0.2, 0.25) is 5.91 Å². The summed E-state index contributed by atoms with van der Waals surface area (Å²) in [5.74, 6) is 1.24. The van der Waals surface area contributed by atoms with Crippen molar-refractivity contribution < 1.29 is 18.7 Å². The Kier molecular flexibility index (Phi) is 4.88. The summed E-state index contributed by atoms with van der Waals surface area (Å²) in [4.78, 5) is 25.2. The molecule has 1 aliphatic rings. The molecule has 0 saturated carbocycles. The molecule has 1 aromatic heterocycles. The second kappa shape index (κ2) is 7.25. The minimum absolute atomic E-state index is 0.157. The second-order valence-electron chi connectivity index (χ2n) is 5.87. The van der Waals surface area contributed by atoms with E-state index in [1.54, 1.807) is 11.0 Å². The number of amides is 2. The number of nitrogens with one attached hydrogen (secondary N) is 1. The fourth-order valence-electron chi connectivity index (χ4n) is 2.62. The lowest BCUT2D eigenvalue weighted by atomic mass is 10.1. The number of hydrogen-bond acceptors (Lipinski definition) is 4. The first-order valence-electron chi connectivity index (χ1n) is 8.12. The maximum Gasteiger partial charge on any atom is 0.414 e. The minimum atomic E-state index is -0.326. The van der Waals surface area contributed by atoms with Crippen LogP contribution in [0.25, 0.3) is 6.08 Å². The maximum atomic E-state index is 12.0. The predicted molar refractivity (Wildman–Crippen MR) is 94.2 cm³/mol. The molecule has 25 heavy (non-hydrogen) atoms. The van der Waals surface area contributed by atoms with Gasteiger partial charge in [-0.15, -0.1) is 0 Å². The van der Waals surface area contributed by atoms with Crippen LogP contribution in [0.4, 0.5) is 10.5 Å². The molecule has 1 N–H and O–H groups in total. The highest BCUT2D eigenvalue weighted by Crippen LogP contribution is 2.21. The van der Waals surface area contributed by atoms with Crippen molar-refractivity contribution in [1.29, 1.82) is 0 Å². The SMILES string of the molecule is Cc1ccc(C=CC(=O)NC(C)c2ccc(N3CCOC3=O)cc2)o1. The highest BCUT2D eigenvalue weighted by atomic mass is 16.6. The first-order valence-corrected chi connectivity index (χ1v) is 8.12. The van der Waals surface area contributed by atoms with Crippen molar-refractivity contribution in [1.82, 2.24) is 5.32 Å². The van der Waals surface area contributed by atoms with E-state index in [1.807, 2.05) is 50.2 Å². The van der Waals surface area contributed by atoms with Gasteiger partial charge in [0, 0.05) is 11.8 Å². The van der Waals surface area contributed by atoms with Crippen molar-refractivity contribution in [3.8, 4) is 0 Å². The zero-order valence-electron chi connectivity index (χ0n) is 14.2. The van der Waals surface area contributed by atoms with E-state index in [1.165, 1.54) is 6.08 Å². The van der Waals surface area contributed by atoms with Crippen LogP contribution in [-0.2, 0) is 9.53 Å². The third-order valence-electron chi connectivity index (χ3n) is 3.98. The predicted octanol–water partition coefficient (Wildman–Crippen LogP) is 3.44.